The predicted octanol–water partition coefficient (Wildman–Crippen LogP) is 2.77. The monoisotopic (exact) mass is 544 g/mol. The molecular formula is C23H41N6O7P. The Hall–Kier alpha value is -1.86. The van der Waals surface area contributed by atoms with Crippen LogP contribution in [0.15, 0.2) is 6.33 Å². The summed E-state index contributed by atoms with van der Waals surface area (Å²) in [6.07, 6.45) is -1.13. The first-order chi connectivity index (χ1) is 17.5. The first-order valence-electron chi connectivity index (χ1n) is 12.8. The number of ether oxygens (including phenoxy) is 1. The van der Waals surface area contributed by atoms with Crippen molar-refractivity contribution in [1.29, 1.82) is 0 Å². The fourth-order valence-corrected chi connectivity index (χ4v) is 7.26. The lowest BCUT2D eigenvalue weighted by Gasteiger charge is -2.42. The van der Waals surface area contributed by atoms with Crippen LogP contribution in [-0.2, 0) is 18.3 Å². The Morgan fingerprint density at radius 1 is 1.19 bits per heavy atom. The Morgan fingerprint density at radius 3 is 2.41 bits per heavy atom. The zero-order valence-corrected chi connectivity index (χ0v) is 23.3. The molecule has 37 heavy (non-hydrogen) atoms. The zero-order chi connectivity index (χ0) is 27.6. The van der Waals surface area contributed by atoms with Gasteiger partial charge in [-0.25, -0.2) is 4.98 Å². The number of nitrogens with zero attached hydrogens (tertiary/aromatic N) is 4. The smallest absolute Gasteiger partial charge is 0.362 e. The number of hydrogen-bond donors (Lipinski definition) is 5. The van der Waals surface area contributed by atoms with E-state index < -0.39 is 43.1 Å². The topological polar surface area (TPSA) is 187 Å². The molecule has 3 rings (SSSR count). The van der Waals surface area contributed by atoms with E-state index >= 15 is 0 Å². The van der Waals surface area contributed by atoms with Crippen LogP contribution < -0.4 is 11.1 Å². The fraction of sp³-hybridized carbons (Fsp3) is 0.783. The number of fused-ring (bicyclic) bond motifs is 1. The molecule has 0 radical (unpaired) electrons. The van der Waals surface area contributed by atoms with Gasteiger partial charge in [0.05, 0.1) is 18.0 Å². The molecule has 14 heteroatoms. The van der Waals surface area contributed by atoms with Gasteiger partial charge in [-0.2, -0.15) is 9.97 Å². The minimum absolute atomic E-state index is 0.0124. The second-order valence-electron chi connectivity index (χ2n) is 9.50. The van der Waals surface area contributed by atoms with Gasteiger partial charge < -0.3 is 35.6 Å². The minimum atomic E-state index is -3.99. The van der Waals surface area contributed by atoms with Crippen molar-refractivity contribution in [2.45, 2.75) is 102 Å². The van der Waals surface area contributed by atoms with Crippen LogP contribution in [0, 0.1) is 0 Å². The Morgan fingerprint density at radius 2 is 1.86 bits per heavy atom. The molecule has 210 valence electrons. The van der Waals surface area contributed by atoms with Crippen molar-refractivity contribution in [1.82, 2.24) is 19.5 Å². The number of anilines is 2. The van der Waals surface area contributed by atoms with Crippen LogP contribution in [0.5, 0.6) is 0 Å². The average molecular weight is 545 g/mol. The summed E-state index contributed by atoms with van der Waals surface area (Å²) >= 11 is 0. The quantitative estimate of drug-likeness (QED) is 0.232. The number of aliphatic hydroxyl groups excluding tert-OH is 2. The Labute approximate surface area is 217 Å². The summed E-state index contributed by atoms with van der Waals surface area (Å²) in [5.41, 5.74) is 5.54. The maximum Gasteiger partial charge on any atom is 0.362 e. The molecule has 0 aromatic carbocycles. The van der Waals surface area contributed by atoms with Crippen molar-refractivity contribution >= 4 is 30.5 Å². The summed E-state index contributed by atoms with van der Waals surface area (Å²) in [7, 11) is -1.05. The van der Waals surface area contributed by atoms with Gasteiger partial charge in [-0.05, 0) is 25.7 Å². The molecule has 0 amide bonds. The predicted molar refractivity (Wildman–Crippen MR) is 139 cm³/mol. The molecule has 0 bridgehead atoms. The van der Waals surface area contributed by atoms with E-state index in [-0.39, 0.29) is 25.2 Å². The molecule has 6 atom stereocenters. The van der Waals surface area contributed by atoms with E-state index in [0.717, 1.165) is 0 Å². The number of aliphatic hydroxyl groups is 3. The molecule has 0 saturated carbocycles. The van der Waals surface area contributed by atoms with Crippen LogP contribution in [0.2, 0.25) is 0 Å². The highest BCUT2D eigenvalue weighted by Crippen LogP contribution is 2.64. The third-order valence-electron chi connectivity index (χ3n) is 7.43. The lowest BCUT2D eigenvalue weighted by Crippen LogP contribution is -2.42. The number of hydrogen-bond acceptors (Lipinski definition) is 12. The zero-order valence-electron chi connectivity index (χ0n) is 22.4. The summed E-state index contributed by atoms with van der Waals surface area (Å²) in [5, 5.41) is 34.4. The highest BCUT2D eigenvalue weighted by atomic mass is 31.2. The average Bonchev–Trinajstić information content (AvgIpc) is 3.43. The number of nitrogens with two attached hydrogens (primary N) is 1. The number of aromatic nitrogens is 4. The van der Waals surface area contributed by atoms with Gasteiger partial charge in [0.15, 0.2) is 28.6 Å². The van der Waals surface area contributed by atoms with Crippen molar-refractivity contribution in [2.24, 2.45) is 0 Å². The highest BCUT2D eigenvalue weighted by molar-refractivity contribution is 7.55. The minimum Gasteiger partial charge on any atom is -0.388 e. The van der Waals surface area contributed by atoms with Gasteiger partial charge in [-0.15, -0.1) is 0 Å². The molecule has 1 saturated heterocycles. The summed E-state index contributed by atoms with van der Waals surface area (Å²) in [6, 6.07) is 0. The van der Waals surface area contributed by atoms with E-state index in [1.165, 1.54) is 18.0 Å². The molecule has 13 nitrogen and oxygen atoms in total. The molecule has 2 aromatic rings. The Kier molecular flexibility index (Phi) is 9.22. The fourth-order valence-electron chi connectivity index (χ4n) is 4.95. The Balaban J connectivity index is 1.92. The van der Waals surface area contributed by atoms with Crippen molar-refractivity contribution in [2.75, 3.05) is 25.2 Å². The highest BCUT2D eigenvalue weighted by Gasteiger charge is 2.54. The van der Waals surface area contributed by atoms with Crippen LogP contribution in [0.4, 0.5) is 11.8 Å². The SMILES string of the molecule is CCCC(O)(CC)P(=O)(OC)OC(CC)(CC)CC1OC(n2cnc3c(NC)nc(N)nc32)C(O)C1O. The van der Waals surface area contributed by atoms with E-state index in [4.69, 9.17) is 19.5 Å². The van der Waals surface area contributed by atoms with E-state index in [1.54, 1.807) is 14.0 Å². The largest absolute Gasteiger partial charge is 0.388 e. The van der Waals surface area contributed by atoms with Gasteiger partial charge >= 0.3 is 7.60 Å². The standard InChI is InChI=1S/C23H41N6O7P/c1-7-11-23(32,10-4)37(33,34-6)36-22(8-2,9-3)12-14-16(30)17(31)20(35-14)29-13-26-15-18(25-5)27-21(24)28-19(15)29/h13-14,16-17,20,30-32H,7-12H2,1-6H3,(H3,24,25,27,28). The molecule has 1 aliphatic rings. The molecule has 0 aliphatic carbocycles. The molecule has 6 N–H and O–H groups in total. The number of nitrogens with one attached hydrogen (secondary N) is 1. The van der Waals surface area contributed by atoms with Gasteiger partial charge in [-0.3, -0.25) is 13.7 Å². The van der Waals surface area contributed by atoms with Crippen LogP contribution in [0.3, 0.4) is 0 Å². The Bertz CT molecular complexity index is 1110. The number of nitrogen functional groups attached to an aromatic ring is 1. The van der Waals surface area contributed by atoms with Crippen molar-refractivity contribution in [3.8, 4) is 0 Å². The molecule has 6 unspecified atom stereocenters. The van der Waals surface area contributed by atoms with E-state index in [9.17, 15) is 19.9 Å². The van der Waals surface area contributed by atoms with Gasteiger partial charge in [0.2, 0.25) is 5.95 Å². The first kappa shape index (κ1) is 29.7. The first-order valence-corrected chi connectivity index (χ1v) is 14.3. The van der Waals surface area contributed by atoms with Crippen molar-refractivity contribution < 1.29 is 33.7 Å². The lowest BCUT2D eigenvalue weighted by molar-refractivity contribution is -0.0774. The number of imidazole rings is 1. The van der Waals surface area contributed by atoms with E-state index in [0.29, 0.717) is 36.2 Å². The van der Waals surface area contributed by atoms with Gasteiger partial charge in [0, 0.05) is 20.6 Å². The van der Waals surface area contributed by atoms with Crippen LogP contribution in [-0.4, -0.2) is 78.3 Å². The molecule has 2 aromatic heterocycles. The maximum atomic E-state index is 13.9. The summed E-state index contributed by atoms with van der Waals surface area (Å²) in [4.78, 5) is 12.7. The second kappa shape index (κ2) is 11.5. The lowest BCUT2D eigenvalue weighted by atomic mass is 9.88. The molecule has 1 fully saturated rings. The van der Waals surface area contributed by atoms with Gasteiger partial charge in [0.25, 0.3) is 0 Å². The summed E-state index contributed by atoms with van der Waals surface area (Å²) in [6.45, 7) is 7.35. The van der Waals surface area contributed by atoms with Crippen molar-refractivity contribution in [3.63, 3.8) is 0 Å². The van der Waals surface area contributed by atoms with E-state index in [2.05, 4.69) is 20.3 Å². The molecule has 0 spiro atoms. The van der Waals surface area contributed by atoms with Crippen LogP contribution in [0.25, 0.3) is 11.2 Å². The van der Waals surface area contributed by atoms with Crippen LogP contribution >= 0.6 is 7.60 Å². The van der Waals surface area contributed by atoms with Gasteiger partial charge in [-0.1, -0.05) is 34.1 Å². The van der Waals surface area contributed by atoms with Crippen molar-refractivity contribution in [3.05, 3.63) is 6.33 Å². The maximum absolute atomic E-state index is 13.9. The summed E-state index contributed by atoms with van der Waals surface area (Å²) < 4.78 is 33.1. The van der Waals surface area contributed by atoms with Crippen LogP contribution in [0.1, 0.15) is 72.4 Å². The summed E-state index contributed by atoms with van der Waals surface area (Å²) in [5.74, 6) is 0.430. The normalized spacial score (nSPS) is 25.8. The third kappa shape index (κ3) is 5.36. The molecular weight excluding hydrogens is 503 g/mol. The van der Waals surface area contributed by atoms with Gasteiger partial charge in [0.1, 0.15) is 12.2 Å². The van der Waals surface area contributed by atoms with E-state index in [1.807, 2.05) is 20.8 Å². The molecule has 3 heterocycles. The number of rotatable bonds is 13. The molecule has 1 aliphatic heterocycles. The second-order valence-corrected chi connectivity index (χ2v) is 11.9. The third-order valence-corrected chi connectivity index (χ3v) is 10.1.